The molecular weight excluding hydrogens is 276 g/mol. The van der Waals surface area contributed by atoms with Crippen molar-refractivity contribution in [1.82, 2.24) is 14.3 Å². The van der Waals surface area contributed by atoms with Crippen LogP contribution in [0.5, 0.6) is 0 Å². The first-order chi connectivity index (χ1) is 9.45. The van der Waals surface area contributed by atoms with Gasteiger partial charge >= 0.3 is 0 Å². The first kappa shape index (κ1) is 15.2. The molecule has 112 valence electrons. The van der Waals surface area contributed by atoms with Gasteiger partial charge in [-0.15, -0.1) is 0 Å². The van der Waals surface area contributed by atoms with Crippen molar-refractivity contribution in [2.45, 2.75) is 26.2 Å². The van der Waals surface area contributed by atoms with E-state index in [2.05, 4.69) is 9.97 Å². The SMILES string of the molecule is CCCS(=O)(=O)N1CCc2ncnc(N(C)C)c2CC1. The van der Waals surface area contributed by atoms with Gasteiger partial charge in [-0.25, -0.2) is 22.7 Å². The van der Waals surface area contributed by atoms with Crippen molar-refractivity contribution >= 4 is 15.8 Å². The molecule has 1 aliphatic rings. The van der Waals surface area contributed by atoms with Gasteiger partial charge in [-0.1, -0.05) is 6.92 Å². The molecule has 0 saturated carbocycles. The summed E-state index contributed by atoms with van der Waals surface area (Å²) in [5.41, 5.74) is 2.05. The van der Waals surface area contributed by atoms with Crippen LogP contribution in [0.1, 0.15) is 24.6 Å². The molecule has 1 aromatic rings. The smallest absolute Gasteiger partial charge is 0.214 e. The Labute approximate surface area is 120 Å². The van der Waals surface area contributed by atoms with Crippen LogP contribution in [0.4, 0.5) is 5.82 Å². The lowest BCUT2D eigenvalue weighted by atomic mass is 10.1. The molecule has 6 nitrogen and oxygen atoms in total. The van der Waals surface area contributed by atoms with E-state index in [0.717, 1.165) is 17.1 Å². The van der Waals surface area contributed by atoms with Gasteiger partial charge in [0.25, 0.3) is 0 Å². The summed E-state index contributed by atoms with van der Waals surface area (Å²) in [6.45, 7) is 2.92. The van der Waals surface area contributed by atoms with Gasteiger partial charge < -0.3 is 4.90 Å². The van der Waals surface area contributed by atoms with E-state index in [9.17, 15) is 8.42 Å². The molecule has 1 aliphatic heterocycles. The summed E-state index contributed by atoms with van der Waals surface area (Å²) in [5, 5.41) is 0. The third-order valence-corrected chi connectivity index (χ3v) is 5.58. The number of fused-ring (bicyclic) bond motifs is 1. The molecule has 7 heteroatoms. The Balaban J connectivity index is 2.25. The molecule has 2 rings (SSSR count). The van der Waals surface area contributed by atoms with E-state index in [1.165, 1.54) is 0 Å². The zero-order valence-electron chi connectivity index (χ0n) is 12.3. The Hall–Kier alpha value is -1.21. The highest BCUT2D eigenvalue weighted by molar-refractivity contribution is 7.89. The fourth-order valence-electron chi connectivity index (χ4n) is 2.54. The van der Waals surface area contributed by atoms with Gasteiger partial charge in [0.05, 0.1) is 11.4 Å². The Morgan fingerprint density at radius 2 is 1.95 bits per heavy atom. The van der Waals surface area contributed by atoms with E-state index in [1.807, 2.05) is 25.9 Å². The highest BCUT2D eigenvalue weighted by atomic mass is 32.2. The molecule has 0 amide bonds. The maximum Gasteiger partial charge on any atom is 0.214 e. The number of nitrogens with zero attached hydrogens (tertiary/aromatic N) is 4. The summed E-state index contributed by atoms with van der Waals surface area (Å²) >= 11 is 0. The van der Waals surface area contributed by atoms with Crippen LogP contribution in [-0.2, 0) is 22.9 Å². The number of aromatic nitrogens is 2. The molecule has 0 saturated heterocycles. The van der Waals surface area contributed by atoms with Gasteiger partial charge in [0, 0.05) is 39.2 Å². The minimum Gasteiger partial charge on any atom is -0.362 e. The highest BCUT2D eigenvalue weighted by Gasteiger charge is 2.26. The molecule has 0 spiro atoms. The fourth-order valence-corrected chi connectivity index (χ4v) is 4.05. The Bertz CT molecular complexity index is 572. The van der Waals surface area contributed by atoms with Crippen molar-refractivity contribution in [3.05, 3.63) is 17.6 Å². The summed E-state index contributed by atoms with van der Waals surface area (Å²) < 4.78 is 26.0. The quantitative estimate of drug-likeness (QED) is 0.818. The van der Waals surface area contributed by atoms with Crippen molar-refractivity contribution in [3.8, 4) is 0 Å². The maximum atomic E-state index is 12.2. The van der Waals surface area contributed by atoms with Crippen LogP contribution in [0.15, 0.2) is 6.33 Å². The van der Waals surface area contributed by atoms with Gasteiger partial charge in [0.1, 0.15) is 12.1 Å². The monoisotopic (exact) mass is 298 g/mol. The zero-order valence-corrected chi connectivity index (χ0v) is 13.2. The second-order valence-electron chi connectivity index (χ2n) is 5.23. The van der Waals surface area contributed by atoms with Crippen LogP contribution in [0.25, 0.3) is 0 Å². The van der Waals surface area contributed by atoms with Gasteiger partial charge in [-0.2, -0.15) is 0 Å². The van der Waals surface area contributed by atoms with E-state index in [1.54, 1.807) is 10.6 Å². The number of sulfonamides is 1. The fraction of sp³-hybridized carbons (Fsp3) is 0.692. The molecule has 0 unspecified atom stereocenters. The van der Waals surface area contributed by atoms with Crippen LogP contribution in [-0.4, -0.2) is 55.6 Å². The second-order valence-corrected chi connectivity index (χ2v) is 7.32. The van der Waals surface area contributed by atoms with Crippen LogP contribution >= 0.6 is 0 Å². The average Bonchev–Trinajstić information content (AvgIpc) is 2.60. The molecule has 0 radical (unpaired) electrons. The molecular formula is C13H22N4O2S. The van der Waals surface area contributed by atoms with Crippen LogP contribution < -0.4 is 4.90 Å². The lowest BCUT2D eigenvalue weighted by molar-refractivity contribution is 0.425. The number of hydrogen-bond acceptors (Lipinski definition) is 5. The van der Waals surface area contributed by atoms with Gasteiger partial charge in [0.2, 0.25) is 10.0 Å². The second kappa shape index (κ2) is 6.05. The molecule has 0 bridgehead atoms. The van der Waals surface area contributed by atoms with E-state index in [-0.39, 0.29) is 5.75 Å². The van der Waals surface area contributed by atoms with Gasteiger partial charge in [0.15, 0.2) is 0 Å². The molecule has 0 aromatic carbocycles. The molecule has 0 atom stereocenters. The van der Waals surface area contributed by atoms with Gasteiger partial charge in [-0.05, 0) is 12.8 Å². The molecule has 20 heavy (non-hydrogen) atoms. The van der Waals surface area contributed by atoms with Crippen LogP contribution in [0.3, 0.4) is 0 Å². The minimum absolute atomic E-state index is 0.218. The summed E-state index contributed by atoms with van der Waals surface area (Å²) in [7, 11) is 0.751. The third kappa shape index (κ3) is 3.09. The zero-order chi connectivity index (χ0) is 14.8. The molecule has 2 heterocycles. The molecule has 0 fully saturated rings. The number of hydrogen-bond donors (Lipinski definition) is 0. The van der Waals surface area contributed by atoms with Crippen molar-refractivity contribution in [1.29, 1.82) is 0 Å². The van der Waals surface area contributed by atoms with E-state index in [0.29, 0.717) is 32.4 Å². The standard InChI is InChI=1S/C13H22N4O2S/c1-4-9-20(18,19)17-7-5-11-12(6-8-17)14-10-15-13(11)16(2)3/h10H,4-9H2,1-3H3. The average molecular weight is 298 g/mol. The minimum atomic E-state index is -3.14. The van der Waals surface area contributed by atoms with Crippen molar-refractivity contribution in [2.75, 3.05) is 37.8 Å². The van der Waals surface area contributed by atoms with Crippen molar-refractivity contribution in [3.63, 3.8) is 0 Å². The summed E-state index contributed by atoms with van der Waals surface area (Å²) in [6, 6.07) is 0. The van der Waals surface area contributed by atoms with Crippen LogP contribution in [0.2, 0.25) is 0 Å². The summed E-state index contributed by atoms with van der Waals surface area (Å²) in [5.74, 6) is 1.11. The normalized spacial score (nSPS) is 16.6. The Morgan fingerprint density at radius 1 is 1.25 bits per heavy atom. The van der Waals surface area contributed by atoms with Gasteiger partial charge in [-0.3, -0.25) is 0 Å². The molecule has 0 N–H and O–H groups in total. The van der Waals surface area contributed by atoms with Crippen molar-refractivity contribution < 1.29 is 8.42 Å². The topological polar surface area (TPSA) is 66.4 Å². The first-order valence-electron chi connectivity index (χ1n) is 6.93. The first-order valence-corrected chi connectivity index (χ1v) is 8.54. The predicted octanol–water partition coefficient (Wildman–Crippen LogP) is 0.683. The van der Waals surface area contributed by atoms with Crippen LogP contribution in [0, 0.1) is 0 Å². The van der Waals surface area contributed by atoms with E-state index >= 15 is 0 Å². The largest absolute Gasteiger partial charge is 0.362 e. The Morgan fingerprint density at radius 3 is 2.60 bits per heavy atom. The molecule has 0 aliphatic carbocycles. The lowest BCUT2D eigenvalue weighted by Gasteiger charge is -2.19. The third-order valence-electron chi connectivity index (χ3n) is 3.50. The van der Waals surface area contributed by atoms with E-state index in [4.69, 9.17) is 0 Å². The lowest BCUT2D eigenvalue weighted by Crippen LogP contribution is -2.35. The van der Waals surface area contributed by atoms with E-state index < -0.39 is 10.0 Å². The van der Waals surface area contributed by atoms with Crippen molar-refractivity contribution in [2.24, 2.45) is 0 Å². The number of rotatable bonds is 4. The summed E-state index contributed by atoms with van der Waals surface area (Å²) in [6.07, 6.45) is 3.53. The maximum absolute atomic E-state index is 12.2. The Kier molecular flexibility index (Phi) is 4.59. The highest BCUT2D eigenvalue weighted by Crippen LogP contribution is 2.23. The molecule has 1 aromatic heterocycles. The predicted molar refractivity (Wildman–Crippen MR) is 79.4 cm³/mol. The number of anilines is 1. The summed E-state index contributed by atoms with van der Waals surface area (Å²) in [4.78, 5) is 10.6.